The summed E-state index contributed by atoms with van der Waals surface area (Å²) in [7, 11) is 1.80. The number of methoxy groups -OCH3 is 1. The first-order valence-corrected chi connectivity index (χ1v) is 14.9. The molecule has 2 heterocycles. The Morgan fingerprint density at radius 1 is 1.13 bits per heavy atom. The van der Waals surface area contributed by atoms with Gasteiger partial charge in [0.05, 0.1) is 12.6 Å². The number of nitrogens with zero attached hydrogens (tertiary/aromatic N) is 3. The van der Waals surface area contributed by atoms with E-state index in [2.05, 4.69) is 59.3 Å². The van der Waals surface area contributed by atoms with Crippen molar-refractivity contribution < 1.29 is 9.53 Å². The van der Waals surface area contributed by atoms with Crippen LogP contribution >= 0.6 is 11.3 Å². The fourth-order valence-electron chi connectivity index (χ4n) is 7.01. The predicted octanol–water partition coefficient (Wildman–Crippen LogP) is 6.36. The minimum Gasteiger partial charge on any atom is -0.381 e. The molecular weight excluding hydrogens is 502 g/mol. The Labute approximate surface area is 234 Å². The van der Waals surface area contributed by atoms with Crippen LogP contribution in [-0.2, 0) is 28.0 Å². The van der Waals surface area contributed by atoms with Gasteiger partial charge in [0.15, 0.2) is 5.54 Å². The molecule has 2 fully saturated rings. The first-order valence-electron chi connectivity index (χ1n) is 14.1. The van der Waals surface area contributed by atoms with Gasteiger partial charge in [0, 0.05) is 41.1 Å². The van der Waals surface area contributed by atoms with Crippen molar-refractivity contribution in [1.82, 2.24) is 9.88 Å². The van der Waals surface area contributed by atoms with E-state index in [1.54, 1.807) is 18.4 Å². The van der Waals surface area contributed by atoms with Crippen molar-refractivity contribution in [2.45, 2.75) is 70.1 Å². The molecule has 0 bridgehead atoms. The van der Waals surface area contributed by atoms with Gasteiger partial charge in [0.2, 0.25) is 0 Å². The molecule has 0 N–H and O–H groups in total. The van der Waals surface area contributed by atoms with Gasteiger partial charge in [-0.3, -0.25) is 14.7 Å². The zero-order valence-electron chi connectivity index (χ0n) is 22.6. The summed E-state index contributed by atoms with van der Waals surface area (Å²) in [6, 6.07) is 14.9. The third-order valence-electron chi connectivity index (χ3n) is 9.24. The van der Waals surface area contributed by atoms with Gasteiger partial charge in [0.1, 0.15) is 10.8 Å². The summed E-state index contributed by atoms with van der Waals surface area (Å²) < 4.78 is 5.74. The van der Waals surface area contributed by atoms with Crippen LogP contribution in [-0.4, -0.2) is 34.8 Å². The molecule has 1 aliphatic heterocycles. The molecule has 6 heteroatoms. The van der Waals surface area contributed by atoms with Crippen LogP contribution < -0.4 is 0 Å². The van der Waals surface area contributed by atoms with Crippen LogP contribution in [0.2, 0.25) is 0 Å². The van der Waals surface area contributed by atoms with Crippen molar-refractivity contribution in [3.63, 3.8) is 0 Å². The minimum atomic E-state index is -0.894. The minimum absolute atomic E-state index is 0.113. The average molecular weight is 536 g/mol. The van der Waals surface area contributed by atoms with Crippen LogP contribution in [0.4, 0.5) is 0 Å². The second kappa shape index (κ2) is 9.43. The lowest BCUT2D eigenvalue weighted by Gasteiger charge is -2.45. The highest BCUT2D eigenvalue weighted by molar-refractivity contribution is 7.13. The van der Waals surface area contributed by atoms with E-state index in [1.165, 1.54) is 18.4 Å². The largest absolute Gasteiger partial charge is 0.381 e. The molecule has 39 heavy (non-hydrogen) atoms. The van der Waals surface area contributed by atoms with Crippen molar-refractivity contribution in [1.29, 1.82) is 0 Å². The Bertz CT molecular complexity index is 1520. The summed E-state index contributed by atoms with van der Waals surface area (Å²) in [4.78, 5) is 26.5. The Kier molecular flexibility index (Phi) is 5.98. The van der Waals surface area contributed by atoms with E-state index >= 15 is 0 Å². The molecule has 2 aromatic carbocycles. The summed E-state index contributed by atoms with van der Waals surface area (Å²) >= 11 is 1.63. The Morgan fingerprint density at radius 3 is 2.72 bits per heavy atom. The van der Waals surface area contributed by atoms with Crippen molar-refractivity contribution in [2.24, 2.45) is 16.3 Å². The molecule has 1 atom stereocenters. The third kappa shape index (κ3) is 4.06. The fraction of sp³-hybridized carbons (Fsp3) is 0.424. The van der Waals surface area contributed by atoms with Gasteiger partial charge in [-0.1, -0.05) is 36.1 Å². The average Bonchev–Trinajstić information content (AvgIpc) is 3.45. The smallest absolute Gasteiger partial charge is 0.261 e. The highest BCUT2D eigenvalue weighted by atomic mass is 32.1. The normalized spacial score (nSPS) is 27.5. The second-order valence-corrected chi connectivity index (χ2v) is 12.5. The molecule has 3 aliphatic carbocycles. The zero-order chi connectivity index (χ0) is 26.6. The number of ether oxygens (including phenoxy) is 1. The van der Waals surface area contributed by atoms with E-state index in [0.29, 0.717) is 12.5 Å². The molecular formula is C33H33N3O2S. The van der Waals surface area contributed by atoms with Gasteiger partial charge in [-0.15, -0.1) is 11.3 Å². The highest BCUT2D eigenvalue weighted by Crippen LogP contribution is 2.62. The predicted molar refractivity (Wildman–Crippen MR) is 154 cm³/mol. The number of aromatic nitrogens is 1. The lowest BCUT2D eigenvalue weighted by molar-refractivity contribution is -0.138. The number of thiazole rings is 1. The van der Waals surface area contributed by atoms with E-state index in [0.717, 1.165) is 65.2 Å². The van der Waals surface area contributed by atoms with E-state index in [9.17, 15) is 4.79 Å². The highest BCUT2D eigenvalue weighted by Gasteiger charge is 2.66. The second-order valence-electron chi connectivity index (χ2n) is 11.6. The maximum Gasteiger partial charge on any atom is 0.261 e. The van der Waals surface area contributed by atoms with Gasteiger partial charge in [-0.05, 0) is 86.8 Å². The molecule has 0 radical (unpaired) electrons. The lowest BCUT2D eigenvalue weighted by Crippen LogP contribution is -2.51. The summed E-state index contributed by atoms with van der Waals surface area (Å²) in [5.41, 5.74) is 4.36. The SMILES string of the molecule is COC1CCC2(CC1)Cc1ccc(C#CC3CC3)cc1C21N=C(C)N(Cc2cccc(-c3nccs3)c2)C1=O. The first kappa shape index (κ1) is 24.7. The van der Waals surface area contributed by atoms with Crippen molar-refractivity contribution >= 4 is 23.1 Å². The van der Waals surface area contributed by atoms with Crippen molar-refractivity contribution in [3.8, 4) is 22.4 Å². The van der Waals surface area contributed by atoms with E-state index in [-0.39, 0.29) is 17.4 Å². The van der Waals surface area contributed by atoms with Gasteiger partial charge in [-0.2, -0.15) is 0 Å². The molecule has 198 valence electrons. The third-order valence-corrected chi connectivity index (χ3v) is 10.1. The molecule has 1 unspecified atom stereocenters. The molecule has 5 nitrogen and oxygen atoms in total. The maximum absolute atomic E-state index is 14.8. The molecule has 2 spiro atoms. The zero-order valence-corrected chi connectivity index (χ0v) is 23.4. The van der Waals surface area contributed by atoms with Gasteiger partial charge >= 0.3 is 0 Å². The van der Waals surface area contributed by atoms with Gasteiger partial charge < -0.3 is 4.74 Å². The number of amidine groups is 1. The van der Waals surface area contributed by atoms with E-state index in [4.69, 9.17) is 9.73 Å². The Balaban J connectivity index is 1.28. The van der Waals surface area contributed by atoms with Crippen LogP contribution in [0, 0.1) is 23.2 Å². The van der Waals surface area contributed by atoms with Crippen LogP contribution in [0.3, 0.4) is 0 Å². The molecule has 7 rings (SSSR count). The quantitative estimate of drug-likeness (QED) is 0.366. The van der Waals surface area contributed by atoms with E-state index < -0.39 is 5.54 Å². The van der Waals surface area contributed by atoms with Gasteiger partial charge in [0.25, 0.3) is 5.91 Å². The molecule has 0 saturated heterocycles. The Morgan fingerprint density at radius 2 is 1.97 bits per heavy atom. The van der Waals surface area contributed by atoms with E-state index in [1.807, 2.05) is 23.4 Å². The van der Waals surface area contributed by atoms with Crippen molar-refractivity contribution in [2.75, 3.05) is 7.11 Å². The molecule has 1 aromatic heterocycles. The number of carbonyl (C=O) groups is 1. The topological polar surface area (TPSA) is 54.8 Å². The summed E-state index contributed by atoms with van der Waals surface area (Å²) in [6.45, 7) is 2.50. The van der Waals surface area contributed by atoms with Crippen LogP contribution in [0.15, 0.2) is 59.0 Å². The monoisotopic (exact) mass is 535 g/mol. The first-order chi connectivity index (χ1) is 19.0. The number of amides is 1. The number of fused-ring (bicyclic) bond motifs is 3. The number of rotatable bonds is 4. The lowest BCUT2D eigenvalue weighted by atomic mass is 9.61. The molecule has 4 aliphatic rings. The van der Waals surface area contributed by atoms with Crippen LogP contribution in [0.1, 0.15) is 67.7 Å². The number of benzene rings is 2. The molecule has 1 amide bonds. The number of hydrogen-bond donors (Lipinski definition) is 0. The number of hydrogen-bond acceptors (Lipinski definition) is 5. The standard InChI is InChI=1S/C33H33N3O2S/c1-22-35-33(31(37)36(22)21-25-4-3-5-26(18-25)30-34-16-17-39-30)29-19-24(9-8-23-6-7-23)10-11-27(29)20-32(33)14-12-28(38-2)13-15-32/h3-5,10-11,16-19,23,28H,6-7,12-15,20-21H2,1-2H3. The fourth-order valence-corrected chi connectivity index (χ4v) is 7.64. The molecule has 3 aromatic rings. The van der Waals surface area contributed by atoms with Crippen LogP contribution in [0.25, 0.3) is 10.6 Å². The molecule has 2 saturated carbocycles. The van der Waals surface area contributed by atoms with Gasteiger partial charge in [-0.25, -0.2) is 4.98 Å². The van der Waals surface area contributed by atoms with Crippen LogP contribution in [0.5, 0.6) is 0 Å². The van der Waals surface area contributed by atoms with Crippen molar-refractivity contribution in [3.05, 3.63) is 76.3 Å². The summed E-state index contributed by atoms with van der Waals surface area (Å²) in [5, 5.41) is 2.98. The Hall–Kier alpha value is -3.27. The number of aliphatic imine (C=N–C) groups is 1. The number of carbonyl (C=O) groups excluding carboxylic acids is 1. The maximum atomic E-state index is 14.8. The summed E-state index contributed by atoms with van der Waals surface area (Å²) in [6.07, 6.45) is 9.14. The summed E-state index contributed by atoms with van der Waals surface area (Å²) in [5.74, 6) is 8.25.